The summed E-state index contributed by atoms with van der Waals surface area (Å²) < 4.78 is 0. The first kappa shape index (κ1) is 18.9. The number of rotatable bonds is 2. The Balaban J connectivity index is 1.71. The van der Waals surface area contributed by atoms with Gasteiger partial charge in [0.2, 0.25) is 5.91 Å². The van der Waals surface area contributed by atoms with Crippen LogP contribution in [0.2, 0.25) is 0 Å². The van der Waals surface area contributed by atoms with Crippen LogP contribution in [0.15, 0.2) is 24.3 Å². The molecule has 0 N–H and O–H groups in total. The van der Waals surface area contributed by atoms with E-state index >= 15 is 0 Å². The smallest absolute Gasteiger partial charge is 0.254 e. The van der Waals surface area contributed by atoms with E-state index in [2.05, 4.69) is 31.8 Å². The van der Waals surface area contributed by atoms with Crippen LogP contribution >= 0.6 is 0 Å². The summed E-state index contributed by atoms with van der Waals surface area (Å²) in [6.45, 7) is 9.58. The van der Waals surface area contributed by atoms with Crippen LogP contribution in [0.5, 0.6) is 0 Å². The summed E-state index contributed by atoms with van der Waals surface area (Å²) in [4.78, 5) is 35.3. The molecule has 0 bridgehead atoms. The lowest BCUT2D eigenvalue weighted by Crippen LogP contribution is -2.62. The van der Waals surface area contributed by atoms with Crippen LogP contribution in [0.1, 0.15) is 61.1 Å². The summed E-state index contributed by atoms with van der Waals surface area (Å²) >= 11 is 0. The standard InChI is InChI=1S/C23H29N3O2/c1-15(2)25-11-5-9-23(22(25)28)10-6-12-26(23)21(27)18-7-8-19-16(3)13-17(4)24-20(19)14-18/h7-8,13-15H,5-6,9-12H2,1-4H3. The summed E-state index contributed by atoms with van der Waals surface area (Å²) in [6.07, 6.45) is 3.37. The van der Waals surface area contributed by atoms with Crippen LogP contribution in [0.4, 0.5) is 0 Å². The lowest BCUT2D eigenvalue weighted by atomic mass is 9.84. The Morgan fingerprint density at radius 2 is 1.82 bits per heavy atom. The third-order valence-corrected chi connectivity index (χ3v) is 6.40. The van der Waals surface area contributed by atoms with Gasteiger partial charge in [-0.3, -0.25) is 14.6 Å². The number of aryl methyl sites for hydroxylation is 2. The van der Waals surface area contributed by atoms with Crippen LogP contribution < -0.4 is 0 Å². The number of hydrogen-bond acceptors (Lipinski definition) is 3. The van der Waals surface area contributed by atoms with Gasteiger partial charge in [0, 0.05) is 35.8 Å². The molecule has 4 rings (SSSR count). The molecule has 5 heteroatoms. The number of benzene rings is 1. The number of hydrogen-bond donors (Lipinski definition) is 0. The molecule has 0 radical (unpaired) electrons. The molecule has 1 atom stereocenters. The molecule has 1 aromatic heterocycles. The molecule has 1 unspecified atom stereocenters. The van der Waals surface area contributed by atoms with Crippen molar-refractivity contribution >= 4 is 22.7 Å². The maximum Gasteiger partial charge on any atom is 0.254 e. The second-order valence-corrected chi connectivity index (χ2v) is 8.60. The normalized spacial score (nSPS) is 22.7. The predicted molar refractivity (Wildman–Crippen MR) is 110 cm³/mol. The van der Waals surface area contributed by atoms with E-state index < -0.39 is 5.54 Å². The van der Waals surface area contributed by atoms with E-state index in [1.807, 2.05) is 34.9 Å². The Morgan fingerprint density at radius 1 is 1.11 bits per heavy atom. The van der Waals surface area contributed by atoms with Gasteiger partial charge in [-0.1, -0.05) is 6.07 Å². The van der Waals surface area contributed by atoms with E-state index in [0.29, 0.717) is 12.1 Å². The van der Waals surface area contributed by atoms with Crippen molar-refractivity contribution < 1.29 is 9.59 Å². The Morgan fingerprint density at radius 3 is 2.54 bits per heavy atom. The second kappa shape index (κ2) is 6.87. The molecule has 2 saturated heterocycles. The molecule has 1 spiro atoms. The zero-order valence-electron chi connectivity index (χ0n) is 17.3. The summed E-state index contributed by atoms with van der Waals surface area (Å²) in [5, 5.41) is 1.07. The van der Waals surface area contributed by atoms with Crippen LogP contribution in [-0.4, -0.2) is 51.3 Å². The number of fused-ring (bicyclic) bond motifs is 1. The second-order valence-electron chi connectivity index (χ2n) is 8.60. The van der Waals surface area contributed by atoms with Crippen LogP contribution in [0, 0.1) is 13.8 Å². The average Bonchev–Trinajstić information content (AvgIpc) is 3.07. The van der Waals surface area contributed by atoms with Crippen molar-refractivity contribution in [3.05, 3.63) is 41.1 Å². The molecule has 2 aromatic rings. The highest BCUT2D eigenvalue weighted by Gasteiger charge is 2.53. The van der Waals surface area contributed by atoms with Crippen LogP contribution in [-0.2, 0) is 4.79 Å². The first-order valence-electron chi connectivity index (χ1n) is 10.3. The van der Waals surface area contributed by atoms with E-state index in [9.17, 15) is 9.59 Å². The van der Waals surface area contributed by atoms with E-state index in [1.54, 1.807) is 0 Å². The van der Waals surface area contributed by atoms with Gasteiger partial charge in [-0.05, 0) is 77.1 Å². The van der Waals surface area contributed by atoms with Gasteiger partial charge in [0.1, 0.15) is 5.54 Å². The fraction of sp³-hybridized carbons (Fsp3) is 0.522. The number of carbonyl (C=O) groups is 2. The van der Waals surface area contributed by atoms with Crippen LogP contribution in [0.25, 0.3) is 10.9 Å². The number of carbonyl (C=O) groups excluding carboxylic acids is 2. The van der Waals surface area contributed by atoms with Gasteiger partial charge in [0.25, 0.3) is 5.91 Å². The van der Waals surface area contributed by atoms with Crippen molar-refractivity contribution in [2.75, 3.05) is 13.1 Å². The summed E-state index contributed by atoms with van der Waals surface area (Å²) in [6, 6.07) is 7.97. The minimum absolute atomic E-state index is 0.0423. The molecule has 0 saturated carbocycles. The fourth-order valence-corrected chi connectivity index (χ4v) is 5.03. The number of piperidine rings is 1. The third kappa shape index (κ3) is 2.88. The molecule has 2 amide bonds. The SMILES string of the molecule is Cc1cc(C)c2ccc(C(=O)N3CCCC34CCCN(C(C)C)C4=O)cc2n1. The van der Waals surface area contributed by atoms with E-state index in [-0.39, 0.29) is 17.9 Å². The highest BCUT2D eigenvalue weighted by molar-refractivity contribution is 6.02. The molecule has 0 aliphatic carbocycles. The molecule has 2 aliphatic rings. The molecule has 2 aliphatic heterocycles. The van der Waals surface area contributed by atoms with E-state index in [1.165, 1.54) is 0 Å². The summed E-state index contributed by atoms with van der Waals surface area (Å²) in [5.41, 5.74) is 2.91. The van der Waals surface area contributed by atoms with Crippen molar-refractivity contribution in [1.29, 1.82) is 0 Å². The lowest BCUT2D eigenvalue weighted by molar-refractivity contribution is -0.147. The summed E-state index contributed by atoms with van der Waals surface area (Å²) in [7, 11) is 0. The monoisotopic (exact) mass is 379 g/mol. The summed E-state index contributed by atoms with van der Waals surface area (Å²) in [5.74, 6) is 0.0875. The van der Waals surface area contributed by atoms with Crippen molar-refractivity contribution in [3.63, 3.8) is 0 Å². The molecular weight excluding hydrogens is 350 g/mol. The van der Waals surface area contributed by atoms with Gasteiger partial charge in [-0.15, -0.1) is 0 Å². The van der Waals surface area contributed by atoms with E-state index in [0.717, 1.165) is 54.4 Å². The fourth-order valence-electron chi connectivity index (χ4n) is 5.03. The van der Waals surface area contributed by atoms with Gasteiger partial charge in [0.15, 0.2) is 0 Å². The van der Waals surface area contributed by atoms with Crippen molar-refractivity contribution in [2.24, 2.45) is 0 Å². The topological polar surface area (TPSA) is 53.5 Å². The average molecular weight is 380 g/mol. The molecule has 3 heterocycles. The Hall–Kier alpha value is -2.43. The minimum atomic E-state index is -0.662. The highest BCUT2D eigenvalue weighted by Crippen LogP contribution is 2.39. The minimum Gasteiger partial charge on any atom is -0.338 e. The van der Waals surface area contributed by atoms with Gasteiger partial charge in [0.05, 0.1) is 5.52 Å². The number of likely N-dealkylation sites (tertiary alicyclic amines) is 2. The van der Waals surface area contributed by atoms with Crippen molar-refractivity contribution in [2.45, 2.75) is 65.0 Å². The molecule has 28 heavy (non-hydrogen) atoms. The molecule has 148 valence electrons. The van der Waals surface area contributed by atoms with Gasteiger partial charge < -0.3 is 9.80 Å². The zero-order chi connectivity index (χ0) is 20.1. The lowest BCUT2D eigenvalue weighted by Gasteiger charge is -2.46. The largest absolute Gasteiger partial charge is 0.338 e. The van der Waals surface area contributed by atoms with Crippen molar-refractivity contribution in [1.82, 2.24) is 14.8 Å². The van der Waals surface area contributed by atoms with Gasteiger partial charge >= 0.3 is 0 Å². The number of aromatic nitrogens is 1. The number of pyridine rings is 1. The Kier molecular flexibility index (Phi) is 4.64. The number of amides is 2. The Labute approximate surface area is 166 Å². The van der Waals surface area contributed by atoms with Crippen molar-refractivity contribution in [3.8, 4) is 0 Å². The first-order valence-corrected chi connectivity index (χ1v) is 10.3. The quantitative estimate of drug-likeness (QED) is 0.796. The zero-order valence-corrected chi connectivity index (χ0v) is 17.3. The molecule has 1 aromatic carbocycles. The predicted octanol–water partition coefficient (Wildman–Crippen LogP) is 3.86. The third-order valence-electron chi connectivity index (χ3n) is 6.40. The first-order chi connectivity index (χ1) is 13.3. The van der Waals surface area contributed by atoms with Gasteiger partial charge in [-0.2, -0.15) is 0 Å². The van der Waals surface area contributed by atoms with Crippen LogP contribution in [0.3, 0.4) is 0 Å². The maximum absolute atomic E-state index is 13.5. The highest BCUT2D eigenvalue weighted by atomic mass is 16.2. The Bertz CT molecular complexity index is 952. The van der Waals surface area contributed by atoms with E-state index in [4.69, 9.17) is 0 Å². The molecule has 2 fully saturated rings. The molecule has 5 nitrogen and oxygen atoms in total. The molecular formula is C23H29N3O2. The maximum atomic E-state index is 13.5. The number of nitrogens with zero attached hydrogens (tertiary/aromatic N) is 3. The van der Waals surface area contributed by atoms with Gasteiger partial charge in [-0.25, -0.2) is 0 Å².